The van der Waals surface area contributed by atoms with Gasteiger partial charge in [0.05, 0.1) is 8.41 Å². The molecule has 0 unspecified atom stereocenters. The van der Waals surface area contributed by atoms with Gasteiger partial charge >= 0.3 is 0 Å². The van der Waals surface area contributed by atoms with E-state index in [1.54, 1.807) is 0 Å². The van der Waals surface area contributed by atoms with Crippen LogP contribution in [0.4, 0.5) is 0 Å². The molecule has 0 radical (unpaired) electrons. The van der Waals surface area contributed by atoms with E-state index in [0.29, 0.717) is 0 Å². The Hall–Kier alpha value is -0.0951. The molecule has 0 aliphatic carbocycles. The molecule has 6 N–H and O–H groups in total. The second-order valence-electron chi connectivity index (χ2n) is 3.49. The molecule has 15 heavy (non-hydrogen) atoms. The van der Waals surface area contributed by atoms with Gasteiger partial charge in [0.25, 0.3) is 0 Å². The summed E-state index contributed by atoms with van der Waals surface area (Å²) < 4.78 is 0. The fraction of sp³-hybridized carbons (Fsp3) is 1.00. The lowest BCUT2D eigenvalue weighted by atomic mass is 10.3. The highest BCUT2D eigenvalue weighted by molar-refractivity contribution is 5.75. The molecule has 5 heteroatoms. The maximum absolute atomic E-state index is 5.38. The Morgan fingerprint density at radius 1 is 0.600 bits per heavy atom. The molecule has 0 aromatic carbocycles. The van der Waals surface area contributed by atoms with Gasteiger partial charge in [-0.15, -0.1) is 0 Å². The van der Waals surface area contributed by atoms with E-state index in [-0.39, 0.29) is 8.41 Å². The van der Waals surface area contributed by atoms with E-state index >= 15 is 0 Å². The Bertz CT molecular complexity index is 91.4. The summed E-state index contributed by atoms with van der Waals surface area (Å²) >= 11 is 0. The number of nitrogens with one attached hydrogen (secondary N) is 2. The second kappa shape index (κ2) is 16.3. The first-order chi connectivity index (χ1) is 6.91. The Labute approximate surface area is 96.1 Å². The van der Waals surface area contributed by atoms with Crippen LogP contribution in [-0.2, 0) is 0 Å². The van der Waals surface area contributed by atoms with Crippen molar-refractivity contribution in [1.82, 2.24) is 10.6 Å². The van der Waals surface area contributed by atoms with Gasteiger partial charge in [-0.1, -0.05) is 0 Å². The number of rotatable bonds is 11. The summed E-state index contributed by atoms with van der Waals surface area (Å²) in [4.78, 5) is 0. The third-order valence-corrected chi connectivity index (χ3v) is 2.07. The Balaban J connectivity index is 0. The van der Waals surface area contributed by atoms with Crippen molar-refractivity contribution in [2.45, 2.75) is 25.7 Å². The summed E-state index contributed by atoms with van der Waals surface area (Å²) in [5, 5.41) is 6.72. The van der Waals surface area contributed by atoms with Crippen LogP contribution < -0.4 is 22.1 Å². The van der Waals surface area contributed by atoms with E-state index in [1.165, 1.54) is 12.8 Å². The molecule has 0 aromatic heterocycles. The SMILES string of the molecule is B.NCCCNCCCCNCCCN. The lowest BCUT2D eigenvalue weighted by molar-refractivity contribution is 0.570. The standard InChI is InChI=1S/C10H26N4.BH3/c11-5-3-9-13-7-1-2-8-14-10-4-6-12;/h13-14H,1-12H2;1H3. The van der Waals surface area contributed by atoms with Gasteiger partial charge < -0.3 is 22.1 Å². The Morgan fingerprint density at radius 3 is 1.27 bits per heavy atom. The zero-order chi connectivity index (χ0) is 10.5. The van der Waals surface area contributed by atoms with E-state index in [2.05, 4.69) is 10.6 Å². The van der Waals surface area contributed by atoms with Crippen LogP contribution in [0.25, 0.3) is 0 Å². The van der Waals surface area contributed by atoms with Crippen LogP contribution >= 0.6 is 0 Å². The molecular formula is C10H29BN4. The van der Waals surface area contributed by atoms with Crippen molar-refractivity contribution < 1.29 is 0 Å². The molecule has 0 bridgehead atoms. The minimum atomic E-state index is 0. The van der Waals surface area contributed by atoms with Crippen LogP contribution in [0.15, 0.2) is 0 Å². The minimum Gasteiger partial charge on any atom is -0.330 e. The third kappa shape index (κ3) is 16.6. The van der Waals surface area contributed by atoms with Gasteiger partial charge in [-0.2, -0.15) is 0 Å². The average molecular weight is 216 g/mol. The molecule has 0 aromatic rings. The molecule has 92 valence electrons. The minimum absolute atomic E-state index is 0. The molecule has 0 heterocycles. The number of hydrogen-bond acceptors (Lipinski definition) is 4. The van der Waals surface area contributed by atoms with Gasteiger partial charge in [0.15, 0.2) is 0 Å². The van der Waals surface area contributed by atoms with Crippen molar-refractivity contribution in [3.05, 3.63) is 0 Å². The normalized spacial score (nSPS) is 10.0. The molecule has 0 amide bonds. The van der Waals surface area contributed by atoms with Gasteiger partial charge in [0.2, 0.25) is 0 Å². The first-order valence-corrected chi connectivity index (χ1v) is 5.73. The first kappa shape index (κ1) is 17.3. The Morgan fingerprint density at radius 2 is 0.933 bits per heavy atom. The van der Waals surface area contributed by atoms with E-state index in [9.17, 15) is 0 Å². The van der Waals surface area contributed by atoms with Crippen molar-refractivity contribution in [3.8, 4) is 0 Å². The quantitative estimate of drug-likeness (QED) is 0.249. The number of unbranched alkanes of at least 4 members (excludes halogenated alkanes) is 1. The fourth-order valence-corrected chi connectivity index (χ4v) is 1.20. The molecule has 0 atom stereocenters. The maximum atomic E-state index is 5.38. The van der Waals surface area contributed by atoms with Crippen LogP contribution in [-0.4, -0.2) is 47.7 Å². The summed E-state index contributed by atoms with van der Waals surface area (Å²) in [7, 11) is 0. The lowest BCUT2D eigenvalue weighted by Gasteiger charge is -2.04. The summed E-state index contributed by atoms with van der Waals surface area (Å²) in [6.07, 6.45) is 4.63. The summed E-state index contributed by atoms with van der Waals surface area (Å²) in [6, 6.07) is 0. The summed E-state index contributed by atoms with van der Waals surface area (Å²) in [5.41, 5.74) is 10.8. The Kier molecular flexibility index (Phi) is 18.8. The molecule has 0 rings (SSSR count). The van der Waals surface area contributed by atoms with Crippen molar-refractivity contribution in [1.29, 1.82) is 0 Å². The van der Waals surface area contributed by atoms with Crippen molar-refractivity contribution >= 4 is 8.41 Å². The van der Waals surface area contributed by atoms with Crippen LogP contribution in [0.3, 0.4) is 0 Å². The van der Waals surface area contributed by atoms with Crippen LogP contribution in [0.2, 0.25) is 0 Å². The highest BCUT2D eigenvalue weighted by atomic mass is 14.9. The molecule has 0 saturated carbocycles. The highest BCUT2D eigenvalue weighted by Crippen LogP contribution is 1.84. The third-order valence-electron chi connectivity index (χ3n) is 2.07. The maximum Gasteiger partial charge on any atom is 0.0814 e. The van der Waals surface area contributed by atoms with E-state index in [1.807, 2.05) is 0 Å². The van der Waals surface area contributed by atoms with Crippen molar-refractivity contribution in [2.75, 3.05) is 39.3 Å². The summed E-state index contributed by atoms with van der Waals surface area (Å²) in [5.74, 6) is 0. The van der Waals surface area contributed by atoms with Gasteiger partial charge in [0.1, 0.15) is 0 Å². The number of hydrogen-bond donors (Lipinski definition) is 4. The first-order valence-electron chi connectivity index (χ1n) is 5.73. The second-order valence-corrected chi connectivity index (χ2v) is 3.49. The fourth-order valence-electron chi connectivity index (χ4n) is 1.20. The van der Waals surface area contributed by atoms with E-state index < -0.39 is 0 Å². The van der Waals surface area contributed by atoms with Gasteiger partial charge in [-0.25, -0.2) is 0 Å². The van der Waals surface area contributed by atoms with Crippen LogP contribution in [0, 0.1) is 0 Å². The van der Waals surface area contributed by atoms with Crippen molar-refractivity contribution in [3.63, 3.8) is 0 Å². The van der Waals surface area contributed by atoms with E-state index in [0.717, 1.165) is 52.1 Å². The summed E-state index contributed by atoms with van der Waals surface area (Å²) in [6.45, 7) is 5.90. The van der Waals surface area contributed by atoms with Crippen LogP contribution in [0.5, 0.6) is 0 Å². The highest BCUT2D eigenvalue weighted by Gasteiger charge is 1.89. The van der Waals surface area contributed by atoms with Gasteiger partial charge in [0, 0.05) is 0 Å². The largest absolute Gasteiger partial charge is 0.330 e. The van der Waals surface area contributed by atoms with E-state index in [4.69, 9.17) is 11.5 Å². The average Bonchev–Trinajstić information content (AvgIpc) is 2.21. The monoisotopic (exact) mass is 216 g/mol. The van der Waals surface area contributed by atoms with Gasteiger partial charge in [-0.05, 0) is 65.0 Å². The molecule has 0 aliphatic rings. The van der Waals surface area contributed by atoms with Crippen LogP contribution in [0.1, 0.15) is 25.7 Å². The predicted octanol–water partition coefficient (Wildman–Crippen LogP) is -1.54. The zero-order valence-corrected chi connectivity index (χ0v) is 9.23. The molecule has 0 spiro atoms. The molecule has 0 saturated heterocycles. The van der Waals surface area contributed by atoms with Gasteiger partial charge in [-0.3, -0.25) is 0 Å². The topological polar surface area (TPSA) is 76.1 Å². The predicted molar refractivity (Wildman–Crippen MR) is 72.3 cm³/mol. The smallest absolute Gasteiger partial charge is 0.0814 e. The number of nitrogens with two attached hydrogens (primary N) is 2. The zero-order valence-electron chi connectivity index (χ0n) is 9.23. The molecule has 0 fully saturated rings. The molecule has 4 nitrogen and oxygen atoms in total. The van der Waals surface area contributed by atoms with Crippen molar-refractivity contribution in [2.24, 2.45) is 11.5 Å². The molecule has 0 aliphatic heterocycles. The molecular weight excluding hydrogens is 187 g/mol. The lowest BCUT2D eigenvalue weighted by Crippen LogP contribution is -2.22.